The maximum Gasteiger partial charge on any atom is 0.325 e. The van der Waals surface area contributed by atoms with Crippen molar-refractivity contribution in [3.63, 3.8) is 0 Å². The number of hydrogen-bond acceptors (Lipinski definition) is 4. The van der Waals surface area contributed by atoms with Gasteiger partial charge in [0, 0.05) is 6.54 Å². The first-order valence-corrected chi connectivity index (χ1v) is 7.51. The number of carboxylic acid groups (broad SMARTS) is 1. The van der Waals surface area contributed by atoms with Gasteiger partial charge in [0.15, 0.2) is 5.25 Å². The van der Waals surface area contributed by atoms with Gasteiger partial charge in [0.1, 0.15) is 5.54 Å². The van der Waals surface area contributed by atoms with Gasteiger partial charge in [0.2, 0.25) is 10.0 Å². The van der Waals surface area contributed by atoms with Gasteiger partial charge in [-0.05, 0) is 25.7 Å². The normalized spacial score (nSPS) is 26.7. The lowest BCUT2D eigenvalue weighted by atomic mass is 9.95. The van der Waals surface area contributed by atoms with Crippen LogP contribution in [0.2, 0.25) is 0 Å². The van der Waals surface area contributed by atoms with Crippen molar-refractivity contribution in [2.45, 2.75) is 50.3 Å². The monoisotopic (exact) mass is 274 g/mol. The number of aliphatic carboxylic acids is 1. The first-order chi connectivity index (χ1) is 8.36. The molecule has 6 nitrogen and oxygen atoms in total. The van der Waals surface area contributed by atoms with Crippen LogP contribution in [0.25, 0.3) is 0 Å². The summed E-state index contributed by atoms with van der Waals surface area (Å²) in [6, 6.07) is 1.75. The quantitative estimate of drug-likeness (QED) is 0.804. The van der Waals surface area contributed by atoms with E-state index >= 15 is 0 Å². The average Bonchev–Trinajstić information content (AvgIpc) is 2.75. The highest BCUT2D eigenvalue weighted by atomic mass is 32.2. The van der Waals surface area contributed by atoms with Crippen molar-refractivity contribution in [1.82, 2.24) is 4.31 Å². The van der Waals surface area contributed by atoms with E-state index in [-0.39, 0.29) is 19.4 Å². The molecule has 0 aromatic heterocycles. The van der Waals surface area contributed by atoms with Crippen LogP contribution in [-0.2, 0) is 14.8 Å². The van der Waals surface area contributed by atoms with E-state index in [1.54, 1.807) is 19.9 Å². The molecule has 102 valence electrons. The van der Waals surface area contributed by atoms with Gasteiger partial charge < -0.3 is 5.11 Å². The minimum absolute atomic E-state index is 0.161. The largest absolute Gasteiger partial charge is 0.480 e. The second kappa shape index (κ2) is 5.24. The Morgan fingerprint density at radius 1 is 1.56 bits per heavy atom. The van der Waals surface area contributed by atoms with Crippen LogP contribution in [0.15, 0.2) is 0 Å². The fraction of sp³-hybridized carbons (Fsp3) is 0.818. The lowest BCUT2D eigenvalue weighted by Gasteiger charge is -2.33. The third kappa shape index (κ3) is 2.10. The van der Waals surface area contributed by atoms with Gasteiger partial charge in [-0.2, -0.15) is 9.57 Å². The van der Waals surface area contributed by atoms with Crippen molar-refractivity contribution in [3.8, 4) is 6.07 Å². The van der Waals surface area contributed by atoms with E-state index in [9.17, 15) is 18.3 Å². The Morgan fingerprint density at radius 3 is 2.56 bits per heavy atom. The van der Waals surface area contributed by atoms with Crippen LogP contribution in [0.5, 0.6) is 0 Å². The van der Waals surface area contributed by atoms with Crippen molar-refractivity contribution in [3.05, 3.63) is 0 Å². The third-order valence-corrected chi connectivity index (χ3v) is 5.90. The highest BCUT2D eigenvalue weighted by Crippen LogP contribution is 2.36. The minimum atomic E-state index is -3.87. The highest BCUT2D eigenvalue weighted by Gasteiger charge is 2.53. The van der Waals surface area contributed by atoms with Crippen molar-refractivity contribution in [2.24, 2.45) is 0 Å². The second-order valence-electron chi connectivity index (χ2n) is 4.44. The number of nitriles is 1. The summed E-state index contributed by atoms with van der Waals surface area (Å²) in [4.78, 5) is 11.4. The number of carbonyl (C=O) groups is 1. The van der Waals surface area contributed by atoms with Crippen molar-refractivity contribution in [2.75, 3.05) is 6.54 Å². The summed E-state index contributed by atoms with van der Waals surface area (Å²) in [5, 5.41) is 17.1. The van der Waals surface area contributed by atoms with Crippen molar-refractivity contribution >= 4 is 16.0 Å². The van der Waals surface area contributed by atoms with Gasteiger partial charge in [-0.3, -0.25) is 4.79 Å². The predicted octanol–water partition coefficient (Wildman–Crippen LogP) is 0.948. The zero-order valence-corrected chi connectivity index (χ0v) is 11.4. The maximum atomic E-state index is 12.3. The molecular weight excluding hydrogens is 256 g/mol. The summed E-state index contributed by atoms with van der Waals surface area (Å²) in [6.45, 7) is 3.45. The summed E-state index contributed by atoms with van der Waals surface area (Å²) in [7, 11) is -3.87. The summed E-state index contributed by atoms with van der Waals surface area (Å²) in [6.07, 6.45) is 1.19. The van der Waals surface area contributed by atoms with Crippen molar-refractivity contribution < 1.29 is 18.3 Å². The summed E-state index contributed by atoms with van der Waals surface area (Å²) in [5.41, 5.74) is -1.37. The van der Waals surface area contributed by atoms with Crippen LogP contribution < -0.4 is 0 Å². The molecule has 0 aromatic rings. The Morgan fingerprint density at radius 2 is 2.17 bits per heavy atom. The molecule has 1 heterocycles. The number of rotatable bonds is 5. The Labute approximate surface area is 107 Å². The number of sulfonamides is 1. The van der Waals surface area contributed by atoms with Crippen molar-refractivity contribution in [1.29, 1.82) is 5.26 Å². The topological polar surface area (TPSA) is 98.5 Å². The molecule has 0 amide bonds. The van der Waals surface area contributed by atoms with E-state index in [0.717, 1.165) is 4.31 Å². The molecule has 0 aliphatic carbocycles. The smallest absolute Gasteiger partial charge is 0.325 e. The summed E-state index contributed by atoms with van der Waals surface area (Å²) in [5.74, 6) is -1.13. The lowest BCUT2D eigenvalue weighted by Crippen LogP contribution is -2.54. The van der Waals surface area contributed by atoms with Gasteiger partial charge in [-0.15, -0.1) is 0 Å². The van der Waals surface area contributed by atoms with E-state index in [4.69, 9.17) is 5.26 Å². The molecule has 0 saturated carbocycles. The predicted molar refractivity (Wildman–Crippen MR) is 65.2 cm³/mol. The zero-order chi connectivity index (χ0) is 14.0. The molecule has 0 aromatic carbocycles. The SMILES string of the molecule is CCC(C#N)S(=O)(=O)N1CCCC1(CC)C(=O)O. The molecule has 1 saturated heterocycles. The molecule has 18 heavy (non-hydrogen) atoms. The highest BCUT2D eigenvalue weighted by molar-refractivity contribution is 7.90. The molecule has 0 radical (unpaired) electrons. The van der Waals surface area contributed by atoms with Gasteiger partial charge in [0.25, 0.3) is 0 Å². The van der Waals surface area contributed by atoms with Crippen LogP contribution >= 0.6 is 0 Å². The van der Waals surface area contributed by atoms with E-state index in [1.807, 2.05) is 0 Å². The van der Waals surface area contributed by atoms with E-state index in [2.05, 4.69) is 0 Å². The molecule has 7 heteroatoms. The van der Waals surface area contributed by atoms with Gasteiger partial charge in [-0.25, -0.2) is 8.42 Å². The first kappa shape index (κ1) is 14.9. The summed E-state index contributed by atoms with van der Waals surface area (Å²) >= 11 is 0. The number of hydrogen-bond donors (Lipinski definition) is 1. The Balaban J connectivity index is 3.24. The Kier molecular flexibility index (Phi) is 4.35. The third-order valence-electron chi connectivity index (χ3n) is 3.59. The molecule has 1 fully saturated rings. The molecular formula is C11H18N2O4S. The number of carboxylic acids is 1. The molecule has 1 aliphatic rings. The van der Waals surface area contributed by atoms with E-state index < -0.39 is 26.8 Å². The fourth-order valence-electron chi connectivity index (χ4n) is 2.46. The first-order valence-electron chi connectivity index (χ1n) is 6.01. The van der Waals surface area contributed by atoms with Crippen LogP contribution in [0.4, 0.5) is 0 Å². The second-order valence-corrected chi connectivity index (χ2v) is 6.48. The zero-order valence-electron chi connectivity index (χ0n) is 10.6. The van der Waals surface area contributed by atoms with E-state index in [1.165, 1.54) is 0 Å². The maximum absolute atomic E-state index is 12.3. The van der Waals surface area contributed by atoms with Crippen LogP contribution in [0, 0.1) is 11.3 Å². The summed E-state index contributed by atoms with van der Waals surface area (Å²) < 4.78 is 25.7. The standard InChI is InChI=1S/C11H18N2O4S/c1-3-9(8-12)18(16,17)13-7-5-6-11(13,4-2)10(14)15/h9H,3-7H2,1-2H3,(H,14,15). The number of nitrogens with zero attached hydrogens (tertiary/aromatic N) is 2. The minimum Gasteiger partial charge on any atom is -0.480 e. The van der Waals surface area contributed by atoms with Crippen LogP contribution in [-0.4, -0.2) is 41.1 Å². The Hall–Kier alpha value is -1.13. The molecule has 2 unspecified atom stereocenters. The van der Waals surface area contributed by atoms with Gasteiger partial charge in [-0.1, -0.05) is 13.8 Å². The fourth-order valence-corrected chi connectivity index (χ4v) is 4.50. The molecule has 1 aliphatic heterocycles. The van der Waals surface area contributed by atoms with E-state index in [0.29, 0.717) is 12.8 Å². The van der Waals surface area contributed by atoms with Crippen LogP contribution in [0.1, 0.15) is 39.5 Å². The lowest BCUT2D eigenvalue weighted by molar-refractivity contribution is -0.147. The Bertz CT molecular complexity index is 468. The molecule has 1 N–H and O–H groups in total. The van der Waals surface area contributed by atoms with Crippen LogP contribution in [0.3, 0.4) is 0 Å². The molecule has 0 spiro atoms. The van der Waals surface area contributed by atoms with Gasteiger partial charge >= 0.3 is 5.97 Å². The van der Waals surface area contributed by atoms with Gasteiger partial charge in [0.05, 0.1) is 6.07 Å². The molecule has 2 atom stereocenters. The molecule has 0 bridgehead atoms. The molecule has 1 rings (SSSR count). The average molecular weight is 274 g/mol.